The summed E-state index contributed by atoms with van der Waals surface area (Å²) in [5, 5.41) is 12.8. The van der Waals surface area contributed by atoms with Crippen molar-refractivity contribution in [2.75, 3.05) is 6.79 Å². The summed E-state index contributed by atoms with van der Waals surface area (Å²) in [7, 11) is 0. The second-order valence-corrected chi connectivity index (χ2v) is 8.96. The quantitative estimate of drug-likeness (QED) is 0.363. The predicted octanol–water partition coefficient (Wildman–Crippen LogP) is 5.57. The molecule has 3 aromatic heterocycles. The molecule has 0 saturated carbocycles. The van der Waals surface area contributed by atoms with E-state index in [2.05, 4.69) is 34.0 Å². The molecule has 0 radical (unpaired) electrons. The van der Waals surface area contributed by atoms with Crippen LogP contribution in [0, 0.1) is 6.92 Å². The Labute approximate surface area is 182 Å². The Morgan fingerprint density at radius 2 is 2.03 bits per heavy atom. The Kier molecular flexibility index (Phi) is 5.00. The van der Waals surface area contributed by atoms with Gasteiger partial charge in [-0.3, -0.25) is 4.57 Å². The van der Waals surface area contributed by atoms with Gasteiger partial charge in [0, 0.05) is 22.7 Å². The summed E-state index contributed by atoms with van der Waals surface area (Å²) in [6.07, 6.45) is 1.68. The first-order valence-corrected chi connectivity index (χ1v) is 11.4. The molecule has 0 bridgehead atoms. The predicted molar refractivity (Wildman–Crippen MR) is 116 cm³/mol. The van der Waals surface area contributed by atoms with E-state index in [1.54, 1.807) is 29.4 Å². The highest BCUT2D eigenvalue weighted by atomic mass is 32.2. The Hall–Kier alpha value is -2.78. The highest BCUT2D eigenvalue weighted by Gasteiger charge is 2.20. The SMILES string of the molecule is Cc1occc1-c1nnc(SCc2csc(-c3ccc4c(c3)OCO4)n2)n1C(C)C. The van der Waals surface area contributed by atoms with Gasteiger partial charge in [-0.2, -0.15) is 0 Å². The van der Waals surface area contributed by atoms with Crippen LogP contribution in [0.3, 0.4) is 0 Å². The second kappa shape index (κ2) is 7.81. The zero-order chi connectivity index (χ0) is 20.7. The summed E-state index contributed by atoms with van der Waals surface area (Å²) in [6, 6.07) is 8.08. The molecule has 0 unspecified atom stereocenters. The number of aryl methyl sites for hydroxylation is 1. The minimum Gasteiger partial charge on any atom is -0.469 e. The molecule has 0 atom stereocenters. The van der Waals surface area contributed by atoms with Crippen LogP contribution >= 0.6 is 23.1 Å². The summed E-state index contributed by atoms with van der Waals surface area (Å²) in [5.41, 5.74) is 3.02. The van der Waals surface area contributed by atoms with Crippen LogP contribution in [0.4, 0.5) is 0 Å². The van der Waals surface area contributed by atoms with Crippen molar-refractivity contribution >= 4 is 23.1 Å². The van der Waals surface area contributed by atoms with Gasteiger partial charge in [-0.05, 0) is 45.0 Å². The maximum atomic E-state index is 5.48. The Morgan fingerprint density at radius 1 is 1.17 bits per heavy atom. The third-order valence-corrected chi connectivity index (χ3v) is 6.72. The van der Waals surface area contributed by atoms with Crippen LogP contribution in [-0.2, 0) is 5.75 Å². The fourth-order valence-electron chi connectivity index (χ4n) is 3.32. The highest BCUT2D eigenvalue weighted by molar-refractivity contribution is 7.98. The average molecular weight is 441 g/mol. The summed E-state index contributed by atoms with van der Waals surface area (Å²) in [6.45, 7) is 6.48. The number of thioether (sulfide) groups is 1. The molecule has 0 N–H and O–H groups in total. The minimum atomic E-state index is 0.228. The number of fused-ring (bicyclic) bond motifs is 1. The lowest BCUT2D eigenvalue weighted by Gasteiger charge is -2.13. The lowest BCUT2D eigenvalue weighted by atomic mass is 10.2. The van der Waals surface area contributed by atoms with Crippen molar-refractivity contribution in [3.05, 3.63) is 47.4 Å². The lowest BCUT2D eigenvalue weighted by molar-refractivity contribution is 0.174. The van der Waals surface area contributed by atoms with Crippen molar-refractivity contribution in [2.24, 2.45) is 0 Å². The van der Waals surface area contributed by atoms with Gasteiger partial charge in [0.25, 0.3) is 0 Å². The van der Waals surface area contributed by atoms with Gasteiger partial charge >= 0.3 is 0 Å². The van der Waals surface area contributed by atoms with Gasteiger partial charge in [-0.1, -0.05) is 11.8 Å². The van der Waals surface area contributed by atoms with Gasteiger partial charge in [0.2, 0.25) is 6.79 Å². The van der Waals surface area contributed by atoms with Crippen LogP contribution in [0.5, 0.6) is 11.5 Å². The van der Waals surface area contributed by atoms with Crippen molar-refractivity contribution in [1.82, 2.24) is 19.7 Å². The second-order valence-electron chi connectivity index (χ2n) is 7.16. The summed E-state index contributed by atoms with van der Waals surface area (Å²) in [5.74, 6) is 3.94. The molecule has 1 aliphatic heterocycles. The smallest absolute Gasteiger partial charge is 0.231 e. The molecule has 0 amide bonds. The molecule has 5 rings (SSSR count). The molecule has 30 heavy (non-hydrogen) atoms. The maximum Gasteiger partial charge on any atom is 0.231 e. The molecule has 0 fully saturated rings. The van der Waals surface area contributed by atoms with Gasteiger partial charge in [0.05, 0.1) is 17.5 Å². The van der Waals surface area contributed by atoms with Crippen molar-refractivity contribution in [1.29, 1.82) is 0 Å². The topological polar surface area (TPSA) is 75.2 Å². The molecule has 7 nitrogen and oxygen atoms in total. The number of ether oxygens (including phenoxy) is 2. The zero-order valence-electron chi connectivity index (χ0n) is 16.8. The normalized spacial score (nSPS) is 12.8. The van der Waals surface area contributed by atoms with Crippen LogP contribution in [0.1, 0.15) is 31.3 Å². The molecular formula is C21H20N4O3S2. The molecule has 0 aliphatic carbocycles. The number of thiazole rings is 1. The Balaban J connectivity index is 1.35. The maximum absolute atomic E-state index is 5.48. The van der Waals surface area contributed by atoms with Gasteiger partial charge < -0.3 is 13.9 Å². The molecule has 154 valence electrons. The van der Waals surface area contributed by atoms with Crippen LogP contribution in [0.2, 0.25) is 0 Å². The molecule has 4 heterocycles. The third kappa shape index (κ3) is 3.48. The largest absolute Gasteiger partial charge is 0.469 e. The van der Waals surface area contributed by atoms with E-state index in [4.69, 9.17) is 18.9 Å². The lowest BCUT2D eigenvalue weighted by Crippen LogP contribution is -2.05. The summed E-state index contributed by atoms with van der Waals surface area (Å²) >= 11 is 3.26. The number of benzene rings is 1. The Bertz CT molecular complexity index is 1190. The number of aromatic nitrogens is 4. The zero-order valence-corrected chi connectivity index (χ0v) is 18.4. The van der Waals surface area contributed by atoms with Gasteiger partial charge in [-0.25, -0.2) is 4.98 Å². The fraction of sp³-hybridized carbons (Fsp3) is 0.286. The molecular weight excluding hydrogens is 420 g/mol. The summed E-state index contributed by atoms with van der Waals surface area (Å²) < 4.78 is 18.5. The van der Waals surface area contributed by atoms with Crippen molar-refractivity contribution < 1.29 is 13.9 Å². The minimum absolute atomic E-state index is 0.228. The third-order valence-electron chi connectivity index (χ3n) is 4.80. The summed E-state index contributed by atoms with van der Waals surface area (Å²) in [4.78, 5) is 4.80. The van der Waals surface area contributed by atoms with E-state index in [0.717, 1.165) is 55.8 Å². The number of hydrogen-bond donors (Lipinski definition) is 0. The van der Waals surface area contributed by atoms with Crippen LogP contribution < -0.4 is 9.47 Å². The highest BCUT2D eigenvalue weighted by Crippen LogP contribution is 2.37. The first-order chi connectivity index (χ1) is 14.6. The van der Waals surface area contributed by atoms with Gasteiger partial charge in [0.15, 0.2) is 22.5 Å². The van der Waals surface area contributed by atoms with E-state index in [9.17, 15) is 0 Å². The van der Waals surface area contributed by atoms with E-state index >= 15 is 0 Å². The first kappa shape index (κ1) is 19.2. The van der Waals surface area contributed by atoms with Gasteiger partial charge in [-0.15, -0.1) is 21.5 Å². The van der Waals surface area contributed by atoms with Crippen LogP contribution in [0.15, 0.2) is 45.5 Å². The molecule has 4 aromatic rings. The molecule has 0 spiro atoms. The van der Waals surface area contributed by atoms with E-state index < -0.39 is 0 Å². The molecule has 1 aliphatic rings. The van der Waals surface area contributed by atoms with E-state index in [-0.39, 0.29) is 12.8 Å². The number of rotatable bonds is 6. The van der Waals surface area contributed by atoms with Crippen LogP contribution in [-0.4, -0.2) is 26.5 Å². The van der Waals surface area contributed by atoms with E-state index in [1.165, 1.54) is 0 Å². The van der Waals surface area contributed by atoms with Crippen LogP contribution in [0.25, 0.3) is 22.0 Å². The first-order valence-electron chi connectivity index (χ1n) is 9.56. The monoisotopic (exact) mass is 440 g/mol. The van der Waals surface area contributed by atoms with Gasteiger partial charge in [0.1, 0.15) is 10.8 Å². The molecule has 1 aromatic carbocycles. The average Bonchev–Trinajstić information content (AvgIpc) is 3.51. The fourth-order valence-corrected chi connectivity index (χ4v) is 5.20. The number of furan rings is 1. The standard InChI is InChI=1S/C21H20N4O3S2/c1-12(2)25-19(16-6-7-26-13(16)3)23-24-21(25)30-10-15-9-29-20(22-15)14-4-5-17-18(8-14)28-11-27-17/h4-9,12H,10-11H2,1-3H3. The molecule has 9 heteroatoms. The van der Waals surface area contributed by atoms with Crippen molar-refractivity contribution in [2.45, 2.75) is 37.7 Å². The van der Waals surface area contributed by atoms with Crippen molar-refractivity contribution in [3.8, 4) is 33.5 Å². The van der Waals surface area contributed by atoms with E-state index in [0.29, 0.717) is 0 Å². The van der Waals surface area contributed by atoms with E-state index in [1.807, 2.05) is 31.2 Å². The Morgan fingerprint density at radius 3 is 2.83 bits per heavy atom. The molecule has 0 saturated heterocycles. The number of hydrogen-bond acceptors (Lipinski definition) is 8. The number of nitrogens with zero attached hydrogens (tertiary/aromatic N) is 4. The van der Waals surface area contributed by atoms with Crippen molar-refractivity contribution in [3.63, 3.8) is 0 Å².